The van der Waals surface area contributed by atoms with Crippen molar-refractivity contribution in [2.75, 3.05) is 32.0 Å². The Morgan fingerprint density at radius 2 is 2.10 bits per heavy atom. The summed E-state index contributed by atoms with van der Waals surface area (Å²) in [5, 5.41) is 3.51. The number of carbonyl (C=O) groups is 1. The minimum absolute atomic E-state index is 0.0319. The number of thioether (sulfide) groups is 1. The van der Waals surface area contributed by atoms with Crippen molar-refractivity contribution in [2.45, 2.75) is 24.3 Å². The van der Waals surface area contributed by atoms with E-state index in [4.69, 9.17) is 4.74 Å². The summed E-state index contributed by atoms with van der Waals surface area (Å²) in [6.45, 7) is 7.10. The molecule has 0 unspecified atom stereocenters. The van der Waals surface area contributed by atoms with Crippen LogP contribution < -0.4 is 5.32 Å². The van der Waals surface area contributed by atoms with Gasteiger partial charge in [-0.1, -0.05) is 18.2 Å². The number of nitrogens with one attached hydrogen (secondary N) is 1. The molecule has 0 aliphatic carbocycles. The average molecular weight is 294 g/mol. The van der Waals surface area contributed by atoms with Crippen LogP contribution in [0.5, 0.6) is 0 Å². The van der Waals surface area contributed by atoms with Crippen molar-refractivity contribution in [2.24, 2.45) is 0 Å². The summed E-state index contributed by atoms with van der Waals surface area (Å²) < 4.78 is 4.91. The zero-order valence-electron chi connectivity index (χ0n) is 12.1. The molecule has 5 heteroatoms. The van der Waals surface area contributed by atoms with Gasteiger partial charge in [0.1, 0.15) is 6.61 Å². The maximum atomic E-state index is 11.3. The van der Waals surface area contributed by atoms with Gasteiger partial charge < -0.3 is 15.0 Å². The summed E-state index contributed by atoms with van der Waals surface area (Å²) in [5.74, 6) is 0.988. The van der Waals surface area contributed by atoms with Crippen LogP contribution >= 0.6 is 11.8 Å². The van der Waals surface area contributed by atoms with E-state index in [0.29, 0.717) is 19.7 Å². The molecule has 1 heterocycles. The van der Waals surface area contributed by atoms with E-state index in [9.17, 15) is 4.79 Å². The number of rotatable bonds is 7. The highest BCUT2D eigenvalue weighted by Gasteiger charge is 2.23. The molecule has 1 N–H and O–H groups in total. The molecule has 4 nitrogen and oxygen atoms in total. The van der Waals surface area contributed by atoms with Gasteiger partial charge in [-0.3, -0.25) is 0 Å². The van der Waals surface area contributed by atoms with E-state index >= 15 is 0 Å². The molecule has 110 valence electrons. The first-order valence-electron chi connectivity index (χ1n) is 6.91. The standard InChI is InChI=1S/C15H22N2O2S/c1-15(2,12-20-13-6-4-3-5-7-13)16-8-9-17-10-11-19-14(17)18/h3-7,16H,8-12H2,1-2H3. The minimum atomic E-state index is -0.191. The number of carbonyl (C=O) groups excluding carboxylic acids is 1. The Kier molecular flexibility index (Phi) is 5.31. The average Bonchev–Trinajstić information content (AvgIpc) is 2.83. The highest BCUT2D eigenvalue weighted by Crippen LogP contribution is 2.21. The first kappa shape index (κ1) is 15.2. The van der Waals surface area contributed by atoms with E-state index in [1.807, 2.05) is 17.8 Å². The van der Waals surface area contributed by atoms with Gasteiger partial charge in [-0.15, -0.1) is 11.8 Å². The van der Waals surface area contributed by atoms with Gasteiger partial charge in [0.2, 0.25) is 0 Å². The minimum Gasteiger partial charge on any atom is -0.448 e. The van der Waals surface area contributed by atoms with Crippen LogP contribution in [-0.4, -0.2) is 48.5 Å². The lowest BCUT2D eigenvalue weighted by molar-refractivity contribution is 0.158. The Bertz CT molecular complexity index is 437. The fraction of sp³-hybridized carbons (Fsp3) is 0.533. The lowest BCUT2D eigenvalue weighted by Gasteiger charge is -2.27. The zero-order valence-corrected chi connectivity index (χ0v) is 12.9. The van der Waals surface area contributed by atoms with Crippen molar-refractivity contribution < 1.29 is 9.53 Å². The summed E-state index contributed by atoms with van der Waals surface area (Å²) in [7, 11) is 0. The van der Waals surface area contributed by atoms with Crippen LogP contribution in [-0.2, 0) is 4.74 Å². The van der Waals surface area contributed by atoms with Crippen molar-refractivity contribution in [3.8, 4) is 0 Å². The number of amides is 1. The Morgan fingerprint density at radius 1 is 1.35 bits per heavy atom. The number of nitrogens with zero attached hydrogens (tertiary/aromatic N) is 1. The molecule has 0 atom stereocenters. The number of benzene rings is 1. The number of cyclic esters (lactones) is 1. The predicted molar refractivity (Wildman–Crippen MR) is 82.2 cm³/mol. The maximum absolute atomic E-state index is 11.3. The molecule has 1 aliphatic rings. The van der Waals surface area contributed by atoms with E-state index in [1.54, 1.807) is 4.90 Å². The predicted octanol–water partition coefficient (Wildman–Crippen LogP) is 2.60. The second kappa shape index (κ2) is 6.99. The zero-order chi connectivity index (χ0) is 14.4. The van der Waals surface area contributed by atoms with Crippen LogP contribution in [0.15, 0.2) is 35.2 Å². The second-order valence-electron chi connectivity index (χ2n) is 5.51. The van der Waals surface area contributed by atoms with Crippen LogP contribution in [0.4, 0.5) is 4.79 Å². The Balaban J connectivity index is 1.69. The molecule has 1 aromatic rings. The van der Waals surface area contributed by atoms with Crippen molar-refractivity contribution in [3.05, 3.63) is 30.3 Å². The quantitative estimate of drug-likeness (QED) is 0.785. The van der Waals surface area contributed by atoms with Gasteiger partial charge in [-0.05, 0) is 26.0 Å². The summed E-state index contributed by atoms with van der Waals surface area (Å²) in [6.07, 6.45) is -0.191. The lowest BCUT2D eigenvalue weighted by atomic mass is 10.1. The molecule has 0 radical (unpaired) electrons. The van der Waals surface area contributed by atoms with Crippen LogP contribution in [0, 0.1) is 0 Å². The van der Waals surface area contributed by atoms with Crippen molar-refractivity contribution >= 4 is 17.9 Å². The highest BCUT2D eigenvalue weighted by molar-refractivity contribution is 7.99. The fourth-order valence-corrected chi connectivity index (χ4v) is 2.97. The molecule has 1 saturated heterocycles. The third kappa shape index (κ3) is 4.72. The van der Waals surface area contributed by atoms with E-state index in [-0.39, 0.29) is 11.6 Å². The Labute approximate surface area is 124 Å². The summed E-state index contributed by atoms with van der Waals surface area (Å²) >= 11 is 1.84. The fourth-order valence-electron chi connectivity index (χ4n) is 1.99. The Morgan fingerprint density at radius 3 is 2.75 bits per heavy atom. The van der Waals surface area contributed by atoms with Crippen molar-refractivity contribution in [1.82, 2.24) is 10.2 Å². The summed E-state index contributed by atoms with van der Waals surface area (Å²) in [5.41, 5.74) is 0.0319. The van der Waals surface area contributed by atoms with Crippen LogP contribution in [0.3, 0.4) is 0 Å². The van der Waals surface area contributed by atoms with Crippen LogP contribution in [0.1, 0.15) is 13.8 Å². The van der Waals surface area contributed by atoms with Gasteiger partial charge >= 0.3 is 6.09 Å². The van der Waals surface area contributed by atoms with E-state index in [0.717, 1.165) is 12.3 Å². The molecule has 1 aromatic carbocycles. The molecular formula is C15H22N2O2S. The van der Waals surface area contributed by atoms with Crippen molar-refractivity contribution in [3.63, 3.8) is 0 Å². The smallest absolute Gasteiger partial charge is 0.409 e. The van der Waals surface area contributed by atoms with Gasteiger partial charge in [0.15, 0.2) is 0 Å². The largest absolute Gasteiger partial charge is 0.448 e. The third-order valence-corrected chi connectivity index (χ3v) is 4.64. The lowest BCUT2D eigenvalue weighted by Crippen LogP contribution is -2.45. The Hall–Kier alpha value is -1.20. The van der Waals surface area contributed by atoms with Crippen LogP contribution in [0.25, 0.3) is 0 Å². The van der Waals surface area contributed by atoms with Gasteiger partial charge in [-0.25, -0.2) is 4.79 Å². The molecule has 20 heavy (non-hydrogen) atoms. The molecule has 2 rings (SSSR count). The third-order valence-electron chi connectivity index (χ3n) is 3.17. The van der Waals surface area contributed by atoms with Gasteiger partial charge in [-0.2, -0.15) is 0 Å². The van der Waals surface area contributed by atoms with E-state index < -0.39 is 0 Å². The first-order valence-corrected chi connectivity index (χ1v) is 7.90. The molecule has 0 aromatic heterocycles. The van der Waals surface area contributed by atoms with Gasteiger partial charge in [0.05, 0.1) is 6.54 Å². The van der Waals surface area contributed by atoms with Crippen molar-refractivity contribution in [1.29, 1.82) is 0 Å². The molecule has 1 fully saturated rings. The number of hydrogen-bond donors (Lipinski definition) is 1. The first-order chi connectivity index (χ1) is 9.57. The summed E-state index contributed by atoms with van der Waals surface area (Å²) in [6, 6.07) is 10.4. The molecular weight excluding hydrogens is 272 g/mol. The monoisotopic (exact) mass is 294 g/mol. The SMILES string of the molecule is CC(C)(CSc1ccccc1)NCCN1CCOC1=O. The maximum Gasteiger partial charge on any atom is 0.409 e. The second-order valence-corrected chi connectivity index (χ2v) is 6.56. The highest BCUT2D eigenvalue weighted by atomic mass is 32.2. The molecule has 1 aliphatic heterocycles. The van der Waals surface area contributed by atoms with E-state index in [2.05, 4.69) is 43.4 Å². The molecule has 0 saturated carbocycles. The topological polar surface area (TPSA) is 41.6 Å². The number of ether oxygens (including phenoxy) is 1. The van der Waals surface area contributed by atoms with E-state index in [1.165, 1.54) is 4.90 Å². The molecule has 0 spiro atoms. The van der Waals surface area contributed by atoms with Gasteiger partial charge in [0, 0.05) is 29.3 Å². The number of hydrogen-bond acceptors (Lipinski definition) is 4. The molecule has 0 bridgehead atoms. The normalized spacial score (nSPS) is 15.5. The molecule has 1 amide bonds. The van der Waals surface area contributed by atoms with Crippen LogP contribution in [0.2, 0.25) is 0 Å². The summed E-state index contributed by atoms with van der Waals surface area (Å²) in [4.78, 5) is 14.3. The van der Waals surface area contributed by atoms with Gasteiger partial charge in [0.25, 0.3) is 0 Å².